The molecule has 0 aromatic heterocycles. The molecule has 2 unspecified atom stereocenters. The number of nitrogens with two attached hydrogens (primary N) is 1. The van der Waals surface area contributed by atoms with E-state index in [4.69, 9.17) is 17.3 Å². The standard InChI is InChI=1S/C14H20BrClN2S/c1-2-11-9-18(5-6-19-11)14(8-17)12-4-3-10(15)7-13(12)16/h3-4,7,11,14H,2,5-6,8-9,17H2,1H3. The first-order valence-electron chi connectivity index (χ1n) is 6.66. The normalized spacial score (nSPS) is 22.4. The maximum absolute atomic E-state index is 6.38. The van der Waals surface area contributed by atoms with Crippen LogP contribution in [0.5, 0.6) is 0 Å². The van der Waals surface area contributed by atoms with E-state index in [1.165, 1.54) is 12.2 Å². The molecule has 0 bridgehead atoms. The van der Waals surface area contributed by atoms with Gasteiger partial charge in [0, 0.05) is 46.2 Å². The molecule has 1 fully saturated rings. The van der Waals surface area contributed by atoms with Gasteiger partial charge in [-0.2, -0.15) is 11.8 Å². The van der Waals surface area contributed by atoms with Gasteiger partial charge < -0.3 is 5.73 Å². The zero-order chi connectivity index (χ0) is 13.8. The molecule has 0 spiro atoms. The number of thioether (sulfide) groups is 1. The minimum absolute atomic E-state index is 0.232. The maximum Gasteiger partial charge on any atom is 0.0486 e. The highest BCUT2D eigenvalue weighted by atomic mass is 79.9. The fraction of sp³-hybridized carbons (Fsp3) is 0.571. The van der Waals surface area contributed by atoms with E-state index >= 15 is 0 Å². The van der Waals surface area contributed by atoms with Crippen LogP contribution in [0.3, 0.4) is 0 Å². The Hall–Kier alpha value is 0.260. The smallest absolute Gasteiger partial charge is 0.0486 e. The molecule has 19 heavy (non-hydrogen) atoms. The van der Waals surface area contributed by atoms with Gasteiger partial charge in [0.1, 0.15) is 0 Å². The highest BCUT2D eigenvalue weighted by Gasteiger charge is 2.26. The summed E-state index contributed by atoms with van der Waals surface area (Å²) in [5, 5.41) is 1.52. The van der Waals surface area contributed by atoms with E-state index < -0.39 is 0 Å². The average Bonchev–Trinajstić information content (AvgIpc) is 2.42. The fourth-order valence-corrected chi connectivity index (χ4v) is 4.52. The predicted molar refractivity (Wildman–Crippen MR) is 89.1 cm³/mol. The number of halogens is 2. The molecule has 1 aromatic rings. The summed E-state index contributed by atoms with van der Waals surface area (Å²) in [6.07, 6.45) is 1.21. The van der Waals surface area contributed by atoms with Crippen LogP contribution in [0.2, 0.25) is 5.02 Å². The summed E-state index contributed by atoms with van der Waals surface area (Å²) in [6.45, 7) is 5.07. The van der Waals surface area contributed by atoms with Crippen molar-refractivity contribution in [2.45, 2.75) is 24.6 Å². The molecule has 1 heterocycles. The second-order valence-corrected chi connectivity index (χ2v) is 7.54. The molecule has 0 saturated carbocycles. The molecular formula is C14H20BrClN2S. The first kappa shape index (κ1) is 15.6. The minimum Gasteiger partial charge on any atom is -0.329 e. The SMILES string of the molecule is CCC1CN(C(CN)c2ccc(Br)cc2Cl)CCS1. The molecule has 0 radical (unpaired) electrons. The van der Waals surface area contributed by atoms with Crippen molar-refractivity contribution in [1.29, 1.82) is 0 Å². The lowest BCUT2D eigenvalue weighted by molar-refractivity contribution is 0.207. The van der Waals surface area contributed by atoms with Gasteiger partial charge in [0.05, 0.1) is 0 Å². The summed E-state index contributed by atoms with van der Waals surface area (Å²) in [7, 11) is 0. The van der Waals surface area contributed by atoms with Crippen molar-refractivity contribution >= 4 is 39.3 Å². The predicted octanol–water partition coefficient (Wildman–Crippen LogP) is 3.93. The molecule has 1 saturated heterocycles. The molecule has 1 aliphatic rings. The van der Waals surface area contributed by atoms with Gasteiger partial charge in [-0.25, -0.2) is 0 Å². The van der Waals surface area contributed by atoms with Gasteiger partial charge in [-0.1, -0.05) is 40.5 Å². The highest BCUT2D eigenvalue weighted by molar-refractivity contribution is 9.10. The molecule has 5 heteroatoms. The number of benzene rings is 1. The minimum atomic E-state index is 0.232. The second-order valence-electron chi connectivity index (χ2n) is 4.81. The summed E-state index contributed by atoms with van der Waals surface area (Å²) in [5.74, 6) is 1.18. The molecule has 0 aliphatic carbocycles. The van der Waals surface area contributed by atoms with E-state index in [0.717, 1.165) is 33.4 Å². The van der Waals surface area contributed by atoms with Crippen molar-refractivity contribution in [1.82, 2.24) is 4.90 Å². The van der Waals surface area contributed by atoms with E-state index in [0.29, 0.717) is 6.54 Å². The van der Waals surface area contributed by atoms with Crippen molar-refractivity contribution in [3.63, 3.8) is 0 Å². The van der Waals surface area contributed by atoms with Gasteiger partial charge in [0.2, 0.25) is 0 Å². The lowest BCUT2D eigenvalue weighted by atomic mass is 10.0. The summed E-state index contributed by atoms with van der Waals surface area (Å²) >= 11 is 11.9. The van der Waals surface area contributed by atoms with Gasteiger partial charge in [-0.05, 0) is 24.1 Å². The zero-order valence-electron chi connectivity index (χ0n) is 11.1. The number of hydrogen-bond acceptors (Lipinski definition) is 3. The van der Waals surface area contributed by atoms with Gasteiger partial charge in [0.25, 0.3) is 0 Å². The van der Waals surface area contributed by atoms with Crippen LogP contribution in [0.1, 0.15) is 24.9 Å². The first-order chi connectivity index (χ1) is 9.15. The van der Waals surface area contributed by atoms with Crippen LogP contribution in [0.4, 0.5) is 0 Å². The van der Waals surface area contributed by atoms with E-state index in [9.17, 15) is 0 Å². The molecule has 2 N–H and O–H groups in total. The average molecular weight is 364 g/mol. The van der Waals surface area contributed by atoms with E-state index in [2.05, 4.69) is 45.6 Å². The molecule has 106 valence electrons. The first-order valence-corrected chi connectivity index (χ1v) is 8.88. The van der Waals surface area contributed by atoms with Gasteiger partial charge in [-0.3, -0.25) is 4.90 Å². The van der Waals surface area contributed by atoms with Crippen LogP contribution in [0.15, 0.2) is 22.7 Å². The van der Waals surface area contributed by atoms with Crippen molar-refractivity contribution in [3.8, 4) is 0 Å². The summed E-state index contributed by atoms with van der Waals surface area (Å²) in [6, 6.07) is 6.32. The monoisotopic (exact) mass is 362 g/mol. The quantitative estimate of drug-likeness (QED) is 0.879. The van der Waals surface area contributed by atoms with Crippen molar-refractivity contribution in [3.05, 3.63) is 33.3 Å². The van der Waals surface area contributed by atoms with Gasteiger partial charge in [0.15, 0.2) is 0 Å². The van der Waals surface area contributed by atoms with Gasteiger partial charge in [-0.15, -0.1) is 0 Å². The van der Waals surface area contributed by atoms with Crippen molar-refractivity contribution < 1.29 is 0 Å². The third-order valence-corrected chi connectivity index (χ3v) is 5.80. The number of nitrogens with zero attached hydrogens (tertiary/aromatic N) is 1. The van der Waals surface area contributed by atoms with Crippen LogP contribution in [0.25, 0.3) is 0 Å². The lowest BCUT2D eigenvalue weighted by Gasteiger charge is -2.37. The largest absolute Gasteiger partial charge is 0.329 e. The zero-order valence-corrected chi connectivity index (χ0v) is 14.3. The highest BCUT2D eigenvalue weighted by Crippen LogP contribution is 2.32. The fourth-order valence-electron chi connectivity index (χ4n) is 2.52. The summed E-state index contributed by atoms with van der Waals surface area (Å²) in [5.41, 5.74) is 7.16. The van der Waals surface area contributed by atoms with Crippen LogP contribution < -0.4 is 5.73 Å². The lowest BCUT2D eigenvalue weighted by Crippen LogP contribution is -2.42. The molecule has 0 amide bonds. The topological polar surface area (TPSA) is 29.3 Å². The Kier molecular flexibility index (Phi) is 6.03. The molecule has 2 rings (SSSR count). The van der Waals surface area contributed by atoms with Crippen LogP contribution >= 0.6 is 39.3 Å². The Morgan fingerprint density at radius 1 is 1.58 bits per heavy atom. The Labute approximate surface area is 133 Å². The molecular weight excluding hydrogens is 344 g/mol. The Morgan fingerprint density at radius 3 is 3.00 bits per heavy atom. The van der Waals surface area contributed by atoms with Gasteiger partial charge >= 0.3 is 0 Å². The molecule has 2 atom stereocenters. The Balaban J connectivity index is 2.19. The summed E-state index contributed by atoms with van der Waals surface area (Å²) in [4.78, 5) is 2.49. The van der Waals surface area contributed by atoms with E-state index in [1.807, 2.05) is 12.1 Å². The van der Waals surface area contributed by atoms with E-state index in [-0.39, 0.29) is 6.04 Å². The van der Waals surface area contributed by atoms with Crippen LogP contribution in [-0.4, -0.2) is 35.5 Å². The molecule has 1 aliphatic heterocycles. The Morgan fingerprint density at radius 2 is 2.37 bits per heavy atom. The summed E-state index contributed by atoms with van der Waals surface area (Å²) < 4.78 is 1.01. The van der Waals surface area contributed by atoms with Crippen molar-refractivity contribution in [2.75, 3.05) is 25.4 Å². The van der Waals surface area contributed by atoms with Crippen LogP contribution in [-0.2, 0) is 0 Å². The van der Waals surface area contributed by atoms with E-state index in [1.54, 1.807) is 0 Å². The molecule has 2 nitrogen and oxygen atoms in total. The third kappa shape index (κ3) is 3.88. The molecule has 1 aromatic carbocycles. The van der Waals surface area contributed by atoms with Crippen molar-refractivity contribution in [2.24, 2.45) is 5.73 Å². The maximum atomic E-state index is 6.38. The second kappa shape index (κ2) is 7.32. The number of rotatable bonds is 4. The van der Waals surface area contributed by atoms with Crippen LogP contribution in [0, 0.1) is 0 Å². The third-order valence-electron chi connectivity index (χ3n) is 3.61. The number of hydrogen-bond donors (Lipinski definition) is 1. The Bertz CT molecular complexity index is 430.